The first-order valence-corrected chi connectivity index (χ1v) is 8.96. The fraction of sp³-hybridized carbons (Fsp3) is 0.474. The van der Waals surface area contributed by atoms with Crippen molar-refractivity contribution in [2.75, 3.05) is 10.6 Å². The van der Waals surface area contributed by atoms with E-state index in [4.69, 9.17) is 4.74 Å². The number of ether oxygens (including phenoxy) is 1. The van der Waals surface area contributed by atoms with Crippen LogP contribution in [0.4, 0.5) is 11.4 Å². The van der Waals surface area contributed by atoms with Crippen LogP contribution in [0.5, 0.6) is 0 Å². The highest BCUT2D eigenvalue weighted by Gasteiger charge is 2.24. The van der Waals surface area contributed by atoms with Crippen molar-refractivity contribution in [1.82, 2.24) is 5.32 Å². The maximum atomic E-state index is 12.4. The lowest BCUT2D eigenvalue weighted by Crippen LogP contribution is -2.40. The van der Waals surface area contributed by atoms with Gasteiger partial charge < -0.3 is 20.7 Å². The van der Waals surface area contributed by atoms with E-state index in [-0.39, 0.29) is 29.3 Å². The van der Waals surface area contributed by atoms with Crippen LogP contribution in [-0.4, -0.2) is 35.8 Å². The first-order valence-electron chi connectivity index (χ1n) is 8.96. The number of amides is 3. The Kier molecular flexibility index (Phi) is 6.92. The molecule has 27 heavy (non-hydrogen) atoms. The Balaban J connectivity index is 2.09. The van der Waals surface area contributed by atoms with Crippen molar-refractivity contribution in [3.8, 4) is 0 Å². The molecule has 1 aromatic rings. The molecule has 0 spiro atoms. The van der Waals surface area contributed by atoms with Gasteiger partial charge in [-0.05, 0) is 38.0 Å². The molecular weight excluding hydrogens is 350 g/mol. The minimum atomic E-state index is -0.952. The van der Waals surface area contributed by atoms with Gasteiger partial charge in [-0.2, -0.15) is 0 Å². The summed E-state index contributed by atoms with van der Waals surface area (Å²) < 4.78 is 5.25. The summed E-state index contributed by atoms with van der Waals surface area (Å²) >= 11 is 0. The third-order valence-corrected chi connectivity index (χ3v) is 4.16. The van der Waals surface area contributed by atoms with E-state index in [1.54, 1.807) is 0 Å². The number of nitrogens with one attached hydrogen (secondary N) is 3. The Labute approximate surface area is 158 Å². The molecule has 1 aliphatic rings. The summed E-state index contributed by atoms with van der Waals surface area (Å²) in [6.07, 6.45) is 3.09. The van der Waals surface area contributed by atoms with Crippen LogP contribution in [0, 0.1) is 0 Å². The summed E-state index contributed by atoms with van der Waals surface area (Å²) in [6, 6.07) is 4.51. The molecule has 0 radical (unpaired) electrons. The standard InChI is InChI=1S/C19H25N3O5/c1-11(18(25)22-15-6-4-5-7-15)27-19(26)14-8-16(20-12(2)23)10-17(9-14)21-13(3)24/h8-11,15H,4-7H2,1-3H3,(H,20,23)(H,21,24)(H,22,25)/t11-/m0/s1. The van der Waals surface area contributed by atoms with Gasteiger partial charge in [0.2, 0.25) is 11.8 Å². The largest absolute Gasteiger partial charge is 0.449 e. The van der Waals surface area contributed by atoms with Gasteiger partial charge in [-0.1, -0.05) is 12.8 Å². The minimum absolute atomic E-state index is 0.116. The molecule has 2 rings (SSSR count). The molecule has 1 fully saturated rings. The van der Waals surface area contributed by atoms with Crippen LogP contribution in [0.3, 0.4) is 0 Å². The summed E-state index contributed by atoms with van der Waals surface area (Å²) in [4.78, 5) is 47.2. The van der Waals surface area contributed by atoms with Gasteiger partial charge in [-0.15, -0.1) is 0 Å². The number of hydrogen-bond donors (Lipinski definition) is 3. The average molecular weight is 375 g/mol. The molecule has 0 heterocycles. The van der Waals surface area contributed by atoms with Gasteiger partial charge in [-0.3, -0.25) is 14.4 Å². The molecular formula is C19H25N3O5. The van der Waals surface area contributed by atoms with Crippen LogP contribution in [0.1, 0.15) is 56.8 Å². The molecule has 3 N–H and O–H groups in total. The number of carbonyl (C=O) groups excluding carboxylic acids is 4. The van der Waals surface area contributed by atoms with Crippen molar-refractivity contribution in [2.24, 2.45) is 0 Å². The lowest BCUT2D eigenvalue weighted by molar-refractivity contribution is -0.129. The van der Waals surface area contributed by atoms with E-state index < -0.39 is 12.1 Å². The number of hydrogen-bond acceptors (Lipinski definition) is 5. The number of benzene rings is 1. The van der Waals surface area contributed by atoms with Gasteiger partial charge in [0.05, 0.1) is 5.56 Å². The van der Waals surface area contributed by atoms with Gasteiger partial charge in [0.25, 0.3) is 5.91 Å². The highest BCUT2D eigenvalue weighted by Crippen LogP contribution is 2.21. The average Bonchev–Trinajstić information content (AvgIpc) is 3.06. The Morgan fingerprint density at radius 1 is 0.963 bits per heavy atom. The molecule has 0 saturated heterocycles. The van der Waals surface area contributed by atoms with Crippen LogP contribution >= 0.6 is 0 Å². The molecule has 8 heteroatoms. The van der Waals surface area contributed by atoms with Gasteiger partial charge >= 0.3 is 5.97 Å². The van der Waals surface area contributed by atoms with Crippen molar-refractivity contribution in [1.29, 1.82) is 0 Å². The third kappa shape index (κ3) is 6.40. The molecule has 0 unspecified atom stereocenters. The smallest absolute Gasteiger partial charge is 0.339 e. The Morgan fingerprint density at radius 3 is 1.96 bits per heavy atom. The zero-order valence-electron chi connectivity index (χ0n) is 15.8. The fourth-order valence-corrected chi connectivity index (χ4v) is 2.97. The molecule has 3 amide bonds. The lowest BCUT2D eigenvalue weighted by Gasteiger charge is -2.17. The lowest BCUT2D eigenvalue weighted by atomic mass is 10.1. The Bertz CT molecular complexity index is 707. The van der Waals surface area contributed by atoms with Crippen LogP contribution in [-0.2, 0) is 19.1 Å². The monoisotopic (exact) mass is 375 g/mol. The molecule has 8 nitrogen and oxygen atoms in total. The van der Waals surface area contributed by atoms with Crippen LogP contribution in [0.2, 0.25) is 0 Å². The van der Waals surface area contributed by atoms with E-state index in [1.807, 2.05) is 0 Å². The zero-order valence-corrected chi connectivity index (χ0v) is 15.8. The van der Waals surface area contributed by atoms with Gasteiger partial charge in [0.15, 0.2) is 6.10 Å². The van der Waals surface area contributed by atoms with Gasteiger partial charge in [0.1, 0.15) is 0 Å². The Morgan fingerprint density at radius 2 is 1.48 bits per heavy atom. The summed E-state index contributed by atoms with van der Waals surface area (Å²) in [5, 5.41) is 8.00. The first kappa shape index (κ1) is 20.4. The van der Waals surface area contributed by atoms with Crippen molar-refractivity contribution in [2.45, 2.75) is 58.6 Å². The normalized spacial score (nSPS) is 14.9. The van der Waals surface area contributed by atoms with Crippen LogP contribution in [0.25, 0.3) is 0 Å². The highest BCUT2D eigenvalue weighted by molar-refractivity contribution is 5.98. The maximum absolute atomic E-state index is 12.4. The summed E-state index contributed by atoms with van der Waals surface area (Å²) in [7, 11) is 0. The summed E-state index contributed by atoms with van der Waals surface area (Å²) in [5.74, 6) is -1.70. The highest BCUT2D eigenvalue weighted by atomic mass is 16.5. The molecule has 1 saturated carbocycles. The second-order valence-electron chi connectivity index (χ2n) is 6.70. The predicted octanol–water partition coefficient (Wildman–Crippen LogP) is 2.21. The van der Waals surface area contributed by atoms with E-state index in [9.17, 15) is 19.2 Å². The SMILES string of the molecule is CC(=O)Nc1cc(NC(C)=O)cc(C(=O)O[C@@H](C)C(=O)NC2CCCC2)c1. The van der Waals surface area contributed by atoms with Crippen LogP contribution < -0.4 is 16.0 Å². The molecule has 1 aromatic carbocycles. The molecule has 0 aromatic heterocycles. The number of carbonyl (C=O) groups is 4. The first-order chi connectivity index (χ1) is 12.7. The number of esters is 1. The molecule has 1 atom stereocenters. The van der Waals surface area contributed by atoms with Crippen LogP contribution in [0.15, 0.2) is 18.2 Å². The summed E-state index contributed by atoms with van der Waals surface area (Å²) in [6.45, 7) is 4.17. The van der Waals surface area contributed by atoms with E-state index >= 15 is 0 Å². The second kappa shape index (κ2) is 9.16. The number of anilines is 2. The third-order valence-electron chi connectivity index (χ3n) is 4.16. The van der Waals surface area contributed by atoms with E-state index in [2.05, 4.69) is 16.0 Å². The predicted molar refractivity (Wildman–Crippen MR) is 100 cm³/mol. The maximum Gasteiger partial charge on any atom is 0.339 e. The Hall–Kier alpha value is -2.90. The van der Waals surface area contributed by atoms with E-state index in [0.717, 1.165) is 25.7 Å². The van der Waals surface area contributed by atoms with Gasteiger partial charge in [-0.25, -0.2) is 4.79 Å². The van der Waals surface area contributed by atoms with Crippen molar-refractivity contribution in [3.63, 3.8) is 0 Å². The van der Waals surface area contributed by atoms with Crippen molar-refractivity contribution >= 4 is 35.1 Å². The van der Waals surface area contributed by atoms with Crippen molar-refractivity contribution < 1.29 is 23.9 Å². The second-order valence-corrected chi connectivity index (χ2v) is 6.70. The quantitative estimate of drug-likeness (QED) is 0.660. The fourth-order valence-electron chi connectivity index (χ4n) is 2.97. The van der Waals surface area contributed by atoms with E-state index in [0.29, 0.717) is 11.4 Å². The van der Waals surface area contributed by atoms with E-state index in [1.165, 1.54) is 39.0 Å². The minimum Gasteiger partial charge on any atom is -0.449 e. The molecule has 146 valence electrons. The molecule has 0 aliphatic heterocycles. The van der Waals surface area contributed by atoms with Crippen molar-refractivity contribution in [3.05, 3.63) is 23.8 Å². The number of rotatable bonds is 6. The summed E-state index contributed by atoms with van der Waals surface area (Å²) in [5.41, 5.74) is 0.790. The zero-order chi connectivity index (χ0) is 20.0. The van der Waals surface area contributed by atoms with Gasteiger partial charge in [0, 0.05) is 31.3 Å². The molecule has 0 bridgehead atoms. The topological polar surface area (TPSA) is 114 Å². The molecule has 1 aliphatic carbocycles.